The zero-order valence-electron chi connectivity index (χ0n) is 20.2. The zero-order chi connectivity index (χ0) is 25.4. The molecule has 1 N–H and O–H groups in total. The van der Waals surface area contributed by atoms with Crippen LogP contribution >= 0.6 is 11.6 Å². The Morgan fingerprint density at radius 3 is 2.51 bits per heavy atom. The van der Waals surface area contributed by atoms with Gasteiger partial charge in [0.25, 0.3) is 5.91 Å². The summed E-state index contributed by atoms with van der Waals surface area (Å²) in [5.41, 5.74) is 0.404. The lowest BCUT2D eigenvalue weighted by Gasteiger charge is -2.33. The van der Waals surface area contributed by atoms with Crippen molar-refractivity contribution in [3.05, 3.63) is 52.4 Å². The number of ether oxygens (including phenoxy) is 2. The summed E-state index contributed by atoms with van der Waals surface area (Å²) in [7, 11) is 0. The molecule has 9 nitrogen and oxygen atoms in total. The maximum Gasteiger partial charge on any atom is 0.410 e. The van der Waals surface area contributed by atoms with Gasteiger partial charge in [-0.15, -0.1) is 0 Å². The van der Waals surface area contributed by atoms with Crippen molar-refractivity contribution in [2.75, 3.05) is 19.7 Å². The third kappa shape index (κ3) is 7.82. The van der Waals surface area contributed by atoms with Crippen molar-refractivity contribution in [3.63, 3.8) is 0 Å². The van der Waals surface area contributed by atoms with Crippen molar-refractivity contribution in [2.45, 2.75) is 52.2 Å². The molecule has 0 atom stereocenters. The van der Waals surface area contributed by atoms with Crippen molar-refractivity contribution in [2.24, 2.45) is 5.92 Å². The number of aromatic nitrogens is 2. The van der Waals surface area contributed by atoms with Gasteiger partial charge in [-0.25, -0.2) is 9.78 Å². The van der Waals surface area contributed by atoms with Crippen LogP contribution in [0.2, 0.25) is 5.15 Å². The second-order valence-corrected chi connectivity index (χ2v) is 9.70. The average molecular weight is 500 g/mol. The highest BCUT2D eigenvalue weighted by Crippen LogP contribution is 2.26. The van der Waals surface area contributed by atoms with Gasteiger partial charge in [-0.1, -0.05) is 41.9 Å². The molecule has 1 aliphatic heterocycles. The van der Waals surface area contributed by atoms with Crippen LogP contribution in [0.5, 0.6) is 5.88 Å². The van der Waals surface area contributed by atoms with E-state index in [0.29, 0.717) is 32.0 Å². The van der Waals surface area contributed by atoms with E-state index in [4.69, 9.17) is 21.1 Å². The van der Waals surface area contributed by atoms with Crippen LogP contribution in [0.4, 0.5) is 4.79 Å². The molecule has 10 heteroatoms. The van der Waals surface area contributed by atoms with Crippen molar-refractivity contribution in [1.82, 2.24) is 20.2 Å². The average Bonchev–Trinajstić information content (AvgIpc) is 2.82. The third-order valence-corrected chi connectivity index (χ3v) is 5.76. The minimum atomic E-state index is -0.520. The number of carbonyl (C=O) groups excluding carboxylic acids is 2. The summed E-state index contributed by atoms with van der Waals surface area (Å²) in [5.74, 6) is -0.325. The molecule has 1 saturated heterocycles. The van der Waals surface area contributed by atoms with Crippen LogP contribution in [0, 0.1) is 17.2 Å². The zero-order valence-corrected chi connectivity index (χ0v) is 21.0. The Hall–Kier alpha value is -3.38. The van der Waals surface area contributed by atoms with Crippen molar-refractivity contribution < 1.29 is 19.1 Å². The van der Waals surface area contributed by atoms with Crippen LogP contribution in [-0.4, -0.2) is 52.2 Å². The first kappa shape index (κ1) is 26.2. The number of benzene rings is 1. The van der Waals surface area contributed by atoms with Crippen LogP contribution in [0.25, 0.3) is 0 Å². The van der Waals surface area contributed by atoms with Crippen LogP contribution in [0.3, 0.4) is 0 Å². The van der Waals surface area contributed by atoms with Crippen molar-refractivity contribution in [1.29, 1.82) is 5.26 Å². The summed E-state index contributed by atoms with van der Waals surface area (Å²) in [5, 5.41) is 11.9. The van der Waals surface area contributed by atoms with E-state index >= 15 is 0 Å². The Morgan fingerprint density at radius 2 is 1.89 bits per heavy atom. The lowest BCUT2D eigenvalue weighted by molar-refractivity contribution is 0.0177. The van der Waals surface area contributed by atoms with Gasteiger partial charge in [0.05, 0.1) is 6.61 Å². The summed E-state index contributed by atoms with van der Waals surface area (Å²) in [6.45, 7) is 7.36. The molecule has 0 unspecified atom stereocenters. The first-order chi connectivity index (χ1) is 16.7. The summed E-state index contributed by atoms with van der Waals surface area (Å²) < 4.78 is 11.3. The van der Waals surface area contributed by atoms with E-state index in [1.165, 1.54) is 0 Å². The topological polar surface area (TPSA) is 117 Å². The number of carbonyl (C=O) groups is 2. The normalized spacial score (nSPS) is 14.2. The molecule has 1 aliphatic rings. The van der Waals surface area contributed by atoms with E-state index in [9.17, 15) is 14.9 Å². The highest BCUT2D eigenvalue weighted by molar-refractivity contribution is 6.33. The predicted octanol–water partition coefficient (Wildman–Crippen LogP) is 4.35. The number of hydrogen-bond acceptors (Lipinski definition) is 7. The molecule has 3 rings (SSSR count). The fraction of sp³-hybridized carbons (Fsp3) is 0.480. The van der Waals surface area contributed by atoms with E-state index in [0.717, 1.165) is 18.4 Å². The Kier molecular flexibility index (Phi) is 8.88. The molecule has 2 amide bonds. The number of rotatable bonds is 7. The van der Waals surface area contributed by atoms with Crippen molar-refractivity contribution in [3.8, 4) is 11.9 Å². The summed E-state index contributed by atoms with van der Waals surface area (Å²) in [6, 6.07) is 11.3. The lowest BCUT2D eigenvalue weighted by Crippen LogP contribution is -2.41. The molecule has 1 aromatic heterocycles. The highest BCUT2D eigenvalue weighted by Gasteiger charge is 2.27. The molecule has 1 fully saturated rings. The largest absolute Gasteiger partial charge is 0.477 e. The predicted molar refractivity (Wildman–Crippen MR) is 130 cm³/mol. The monoisotopic (exact) mass is 499 g/mol. The van der Waals surface area contributed by atoms with Crippen molar-refractivity contribution >= 4 is 23.6 Å². The molecule has 2 heterocycles. The Bertz CT molecular complexity index is 1070. The number of halogens is 1. The van der Waals surface area contributed by atoms with Crippen LogP contribution < -0.4 is 10.1 Å². The molecule has 0 saturated carbocycles. The first-order valence-electron chi connectivity index (χ1n) is 11.6. The molecule has 186 valence electrons. The molecule has 1 aromatic carbocycles. The number of piperidine rings is 1. The maximum absolute atomic E-state index is 12.8. The fourth-order valence-electron chi connectivity index (χ4n) is 3.68. The minimum Gasteiger partial charge on any atom is -0.477 e. The van der Waals surface area contributed by atoms with E-state index < -0.39 is 11.5 Å². The minimum absolute atomic E-state index is 0.00124. The number of nitriles is 1. The van der Waals surface area contributed by atoms with Crippen LogP contribution in [-0.2, 0) is 11.3 Å². The van der Waals surface area contributed by atoms with Gasteiger partial charge in [-0.2, -0.15) is 10.2 Å². The van der Waals surface area contributed by atoms with E-state index in [2.05, 4.69) is 15.3 Å². The van der Waals surface area contributed by atoms with E-state index in [1.54, 1.807) is 4.90 Å². The smallest absolute Gasteiger partial charge is 0.410 e. The van der Waals surface area contributed by atoms with E-state index in [-0.39, 0.29) is 35.1 Å². The van der Waals surface area contributed by atoms with Gasteiger partial charge >= 0.3 is 6.09 Å². The fourth-order valence-corrected chi connectivity index (χ4v) is 3.93. The van der Waals surface area contributed by atoms with Crippen LogP contribution in [0.15, 0.2) is 30.3 Å². The molecular formula is C25H30ClN5O4. The number of hydrogen-bond donors (Lipinski definition) is 1. The number of amides is 2. The van der Waals surface area contributed by atoms with Gasteiger partial charge < -0.3 is 19.7 Å². The standard InChI is InChI=1S/C25H30ClN5O4/c1-25(2,3)35-24(33)31-12-9-17(10-13-31)11-14-34-23-20(21(26)29-19(15-27)30-23)22(32)28-16-18-7-5-4-6-8-18/h4-8,17H,9-14,16H2,1-3H3,(H,28,32). The Labute approximate surface area is 210 Å². The molecular weight excluding hydrogens is 470 g/mol. The maximum atomic E-state index is 12.8. The van der Waals surface area contributed by atoms with Gasteiger partial charge in [-0.3, -0.25) is 4.79 Å². The van der Waals surface area contributed by atoms with Gasteiger partial charge in [0, 0.05) is 19.6 Å². The Morgan fingerprint density at radius 1 is 1.20 bits per heavy atom. The second kappa shape index (κ2) is 11.8. The van der Waals surface area contributed by atoms with Gasteiger partial charge in [0.1, 0.15) is 17.2 Å². The SMILES string of the molecule is CC(C)(C)OC(=O)N1CCC(CCOc2nc(C#N)nc(Cl)c2C(=O)NCc2ccccc2)CC1. The second-order valence-electron chi connectivity index (χ2n) is 9.35. The first-order valence-corrected chi connectivity index (χ1v) is 11.9. The van der Waals surface area contributed by atoms with E-state index in [1.807, 2.05) is 57.2 Å². The molecule has 0 radical (unpaired) electrons. The summed E-state index contributed by atoms with van der Waals surface area (Å²) in [4.78, 5) is 34.8. The van der Waals surface area contributed by atoms with Gasteiger partial charge in [-0.05, 0) is 51.5 Å². The highest BCUT2D eigenvalue weighted by atomic mass is 35.5. The molecule has 0 spiro atoms. The number of nitrogens with zero attached hydrogens (tertiary/aromatic N) is 4. The molecule has 2 aromatic rings. The molecule has 35 heavy (non-hydrogen) atoms. The molecule has 0 bridgehead atoms. The number of likely N-dealkylation sites (tertiary alicyclic amines) is 1. The summed E-state index contributed by atoms with van der Waals surface area (Å²) in [6.07, 6.45) is 2.05. The quantitative estimate of drug-likeness (QED) is 0.562. The third-order valence-electron chi connectivity index (χ3n) is 5.49. The number of nitrogens with one attached hydrogen (secondary N) is 1. The lowest BCUT2D eigenvalue weighted by atomic mass is 9.94. The van der Waals surface area contributed by atoms with Gasteiger partial charge in [0.15, 0.2) is 5.15 Å². The summed E-state index contributed by atoms with van der Waals surface area (Å²) >= 11 is 6.22. The van der Waals surface area contributed by atoms with Crippen LogP contribution in [0.1, 0.15) is 61.8 Å². The molecule has 0 aliphatic carbocycles. The van der Waals surface area contributed by atoms with Gasteiger partial charge in [0.2, 0.25) is 11.7 Å². The Balaban J connectivity index is 1.57.